The molecule has 0 heterocycles. The molecule has 0 amide bonds. The van der Waals surface area contributed by atoms with Crippen molar-refractivity contribution >= 4 is 16.0 Å². The maximum Gasteiger partial charge on any atom is 0.305 e. The van der Waals surface area contributed by atoms with Crippen molar-refractivity contribution in [3.63, 3.8) is 0 Å². The van der Waals surface area contributed by atoms with Crippen LogP contribution in [0.5, 0.6) is 0 Å². The van der Waals surface area contributed by atoms with Crippen LogP contribution in [0.4, 0.5) is 0 Å². The SMILES string of the molecule is COC(=O)CCCCCCC1=CCC[C@@H]1NS(=O)(=O)c1ccccc1. The van der Waals surface area contributed by atoms with E-state index in [9.17, 15) is 13.2 Å². The van der Waals surface area contributed by atoms with Crippen LogP contribution in [0.2, 0.25) is 0 Å². The predicted octanol–water partition coefficient (Wildman–Crippen LogP) is 3.57. The smallest absolute Gasteiger partial charge is 0.305 e. The van der Waals surface area contributed by atoms with E-state index in [1.807, 2.05) is 0 Å². The lowest BCUT2D eigenvalue weighted by atomic mass is 10.0. The second kappa shape index (κ2) is 9.73. The molecule has 25 heavy (non-hydrogen) atoms. The summed E-state index contributed by atoms with van der Waals surface area (Å²) < 4.78 is 32.4. The van der Waals surface area contributed by atoms with E-state index in [0.29, 0.717) is 11.3 Å². The Morgan fingerprint density at radius 1 is 1.16 bits per heavy atom. The van der Waals surface area contributed by atoms with E-state index in [0.717, 1.165) is 44.9 Å². The fourth-order valence-corrected chi connectivity index (χ4v) is 4.38. The van der Waals surface area contributed by atoms with Crippen molar-refractivity contribution in [1.82, 2.24) is 4.72 Å². The van der Waals surface area contributed by atoms with Crippen molar-refractivity contribution in [3.8, 4) is 0 Å². The Labute approximate surface area is 150 Å². The summed E-state index contributed by atoms with van der Waals surface area (Å²) in [4.78, 5) is 11.4. The fourth-order valence-electron chi connectivity index (χ4n) is 3.08. The number of hydrogen-bond donors (Lipinski definition) is 1. The monoisotopic (exact) mass is 365 g/mol. The molecule has 0 radical (unpaired) electrons. The lowest BCUT2D eigenvalue weighted by Crippen LogP contribution is -2.34. The topological polar surface area (TPSA) is 72.5 Å². The van der Waals surface area contributed by atoms with Crippen molar-refractivity contribution in [2.24, 2.45) is 0 Å². The molecule has 138 valence electrons. The van der Waals surface area contributed by atoms with Gasteiger partial charge in [-0.3, -0.25) is 4.79 Å². The van der Waals surface area contributed by atoms with Gasteiger partial charge in [0.1, 0.15) is 0 Å². The van der Waals surface area contributed by atoms with E-state index in [4.69, 9.17) is 0 Å². The van der Waals surface area contributed by atoms with Crippen LogP contribution in [-0.2, 0) is 19.6 Å². The van der Waals surface area contributed by atoms with Crippen LogP contribution in [0.3, 0.4) is 0 Å². The van der Waals surface area contributed by atoms with Gasteiger partial charge in [-0.25, -0.2) is 13.1 Å². The molecule has 0 fully saturated rings. The molecule has 2 rings (SSSR count). The summed E-state index contributed by atoms with van der Waals surface area (Å²) in [5, 5.41) is 0. The summed E-state index contributed by atoms with van der Waals surface area (Å²) in [6.07, 6.45) is 9.15. The molecule has 0 aromatic heterocycles. The zero-order valence-corrected chi connectivity index (χ0v) is 15.6. The van der Waals surface area contributed by atoms with E-state index >= 15 is 0 Å². The number of nitrogens with one attached hydrogen (secondary N) is 1. The number of unbranched alkanes of at least 4 members (excludes halogenated alkanes) is 3. The molecule has 5 nitrogen and oxygen atoms in total. The highest BCUT2D eigenvalue weighted by Crippen LogP contribution is 2.26. The molecule has 1 aromatic carbocycles. The van der Waals surface area contributed by atoms with Crippen LogP contribution in [-0.4, -0.2) is 27.5 Å². The molecule has 0 saturated heterocycles. The first-order valence-electron chi connectivity index (χ1n) is 8.86. The molecular formula is C19H27NO4S. The molecule has 6 heteroatoms. The summed E-state index contributed by atoms with van der Waals surface area (Å²) in [5.41, 5.74) is 1.19. The lowest BCUT2D eigenvalue weighted by Gasteiger charge is -2.17. The molecular weight excluding hydrogens is 338 g/mol. The summed E-state index contributed by atoms with van der Waals surface area (Å²) in [7, 11) is -2.06. The third-order valence-corrected chi connectivity index (χ3v) is 5.97. The Bertz CT molecular complexity index is 683. The average Bonchev–Trinajstić information content (AvgIpc) is 3.04. The number of methoxy groups -OCH3 is 1. The number of ether oxygens (including phenoxy) is 1. The Morgan fingerprint density at radius 3 is 2.60 bits per heavy atom. The van der Waals surface area contributed by atoms with E-state index < -0.39 is 10.0 Å². The maximum atomic E-state index is 12.5. The van der Waals surface area contributed by atoms with Crippen LogP contribution < -0.4 is 4.72 Å². The highest BCUT2D eigenvalue weighted by Gasteiger charge is 2.25. The van der Waals surface area contributed by atoms with Gasteiger partial charge in [0.15, 0.2) is 0 Å². The van der Waals surface area contributed by atoms with Gasteiger partial charge in [0.05, 0.1) is 12.0 Å². The van der Waals surface area contributed by atoms with Gasteiger partial charge in [-0.15, -0.1) is 0 Å². The first-order valence-corrected chi connectivity index (χ1v) is 10.3. The van der Waals surface area contributed by atoms with Crippen molar-refractivity contribution in [3.05, 3.63) is 42.0 Å². The molecule has 0 spiro atoms. The van der Waals surface area contributed by atoms with E-state index in [1.54, 1.807) is 30.3 Å². The Morgan fingerprint density at radius 2 is 1.88 bits per heavy atom. The number of hydrogen-bond acceptors (Lipinski definition) is 4. The molecule has 0 aliphatic heterocycles. The average molecular weight is 365 g/mol. The maximum absolute atomic E-state index is 12.5. The Kier molecular flexibility index (Phi) is 7.65. The van der Waals surface area contributed by atoms with Gasteiger partial charge < -0.3 is 4.74 Å². The second-order valence-electron chi connectivity index (χ2n) is 6.33. The molecule has 1 aliphatic rings. The third-order valence-electron chi connectivity index (χ3n) is 4.48. The lowest BCUT2D eigenvalue weighted by molar-refractivity contribution is -0.140. The zero-order valence-electron chi connectivity index (χ0n) is 14.7. The van der Waals surface area contributed by atoms with Crippen LogP contribution in [0.15, 0.2) is 46.9 Å². The first kappa shape index (κ1) is 19.7. The van der Waals surface area contributed by atoms with Gasteiger partial charge in [0, 0.05) is 12.5 Å². The zero-order chi connectivity index (χ0) is 18.1. The van der Waals surface area contributed by atoms with Gasteiger partial charge in [0.25, 0.3) is 0 Å². The quantitative estimate of drug-likeness (QED) is 0.391. The van der Waals surface area contributed by atoms with E-state index in [-0.39, 0.29) is 12.0 Å². The van der Waals surface area contributed by atoms with Crippen molar-refractivity contribution < 1.29 is 17.9 Å². The van der Waals surface area contributed by atoms with Gasteiger partial charge in [-0.1, -0.05) is 42.7 Å². The van der Waals surface area contributed by atoms with E-state index in [1.165, 1.54) is 12.7 Å². The number of carbonyl (C=O) groups is 1. The molecule has 0 bridgehead atoms. The summed E-state index contributed by atoms with van der Waals surface area (Å²) in [6, 6.07) is 8.40. The highest BCUT2D eigenvalue weighted by atomic mass is 32.2. The van der Waals surface area contributed by atoms with Gasteiger partial charge >= 0.3 is 5.97 Å². The molecule has 1 N–H and O–H groups in total. The fraction of sp³-hybridized carbons (Fsp3) is 0.526. The first-order chi connectivity index (χ1) is 12.0. The number of rotatable bonds is 10. The molecule has 1 atom stereocenters. The van der Waals surface area contributed by atoms with Crippen molar-refractivity contribution in [2.45, 2.75) is 62.3 Å². The summed E-state index contributed by atoms with van der Waals surface area (Å²) in [6.45, 7) is 0. The Balaban J connectivity index is 1.76. The number of sulfonamides is 1. The standard InChI is InChI=1S/C19H27NO4S/c1-24-19(21)15-8-3-2-5-10-16-11-9-14-18(16)20-25(22,23)17-12-6-4-7-13-17/h4,6-7,11-13,18,20H,2-3,5,8-10,14-15H2,1H3/t18-/m0/s1. The third kappa shape index (κ3) is 6.29. The van der Waals surface area contributed by atoms with Crippen LogP contribution >= 0.6 is 0 Å². The van der Waals surface area contributed by atoms with Crippen molar-refractivity contribution in [2.75, 3.05) is 7.11 Å². The number of esters is 1. The molecule has 1 aliphatic carbocycles. The van der Waals surface area contributed by atoms with Crippen LogP contribution in [0, 0.1) is 0 Å². The second-order valence-corrected chi connectivity index (χ2v) is 8.05. The van der Waals surface area contributed by atoms with Gasteiger partial charge in [-0.2, -0.15) is 0 Å². The van der Waals surface area contributed by atoms with E-state index in [2.05, 4.69) is 15.5 Å². The minimum absolute atomic E-state index is 0.0970. The minimum atomic E-state index is -3.47. The normalized spacial score (nSPS) is 17.3. The summed E-state index contributed by atoms with van der Waals surface area (Å²) in [5.74, 6) is -0.158. The van der Waals surface area contributed by atoms with Gasteiger partial charge in [-0.05, 0) is 44.2 Å². The summed E-state index contributed by atoms with van der Waals surface area (Å²) >= 11 is 0. The molecule has 0 unspecified atom stereocenters. The number of carbonyl (C=O) groups excluding carboxylic acids is 1. The number of benzene rings is 1. The molecule has 0 saturated carbocycles. The largest absolute Gasteiger partial charge is 0.469 e. The minimum Gasteiger partial charge on any atom is -0.469 e. The van der Waals surface area contributed by atoms with Crippen LogP contribution in [0.25, 0.3) is 0 Å². The van der Waals surface area contributed by atoms with Crippen LogP contribution in [0.1, 0.15) is 51.4 Å². The van der Waals surface area contributed by atoms with Crippen molar-refractivity contribution in [1.29, 1.82) is 0 Å². The molecule has 1 aromatic rings. The Hall–Kier alpha value is -1.66. The number of allylic oxidation sites excluding steroid dienone is 1. The highest BCUT2D eigenvalue weighted by molar-refractivity contribution is 7.89. The predicted molar refractivity (Wildman–Crippen MR) is 97.6 cm³/mol. The van der Waals surface area contributed by atoms with Gasteiger partial charge in [0.2, 0.25) is 10.0 Å².